The van der Waals surface area contributed by atoms with Gasteiger partial charge in [-0.2, -0.15) is 5.10 Å². The molecule has 3 rings (SSSR count). The van der Waals surface area contributed by atoms with Crippen LogP contribution in [0.1, 0.15) is 13.3 Å². The molecule has 0 spiro atoms. The average Bonchev–Trinajstić information content (AvgIpc) is 2.82. The quantitative estimate of drug-likeness (QED) is 0.755. The number of aliphatic imine (C=N–C) groups is 1. The Kier molecular flexibility index (Phi) is 3.80. The molecule has 0 N–H and O–H groups in total. The lowest BCUT2D eigenvalue weighted by Crippen LogP contribution is -2.47. The molecule has 20 heavy (non-hydrogen) atoms. The largest absolute Gasteiger partial charge is 0.340 e. The van der Waals surface area contributed by atoms with Gasteiger partial charge in [0, 0.05) is 31.6 Å². The van der Waals surface area contributed by atoms with Gasteiger partial charge in [0.15, 0.2) is 5.17 Å². The van der Waals surface area contributed by atoms with Crippen LogP contribution in [0.15, 0.2) is 21.2 Å². The zero-order valence-corrected chi connectivity index (χ0v) is 12.7. The maximum Gasteiger partial charge on any atom is 0.228 e. The lowest BCUT2D eigenvalue weighted by molar-refractivity contribution is -0.132. The van der Waals surface area contributed by atoms with Gasteiger partial charge in [0.25, 0.3) is 0 Å². The van der Waals surface area contributed by atoms with Crippen molar-refractivity contribution in [1.29, 1.82) is 0 Å². The summed E-state index contributed by atoms with van der Waals surface area (Å²) >= 11 is 1.55. The molecule has 0 atom stereocenters. The number of piperazine rings is 1. The fourth-order valence-electron chi connectivity index (χ4n) is 2.38. The van der Waals surface area contributed by atoms with E-state index in [1.165, 1.54) is 0 Å². The van der Waals surface area contributed by atoms with Crippen LogP contribution in [0.2, 0.25) is 0 Å². The average molecular weight is 293 g/mol. The van der Waals surface area contributed by atoms with Gasteiger partial charge in [-0.25, -0.2) is 5.01 Å². The molecule has 0 radical (unpaired) electrons. The summed E-state index contributed by atoms with van der Waals surface area (Å²) in [5, 5.41) is 9.18. The van der Waals surface area contributed by atoms with Gasteiger partial charge in [0.2, 0.25) is 5.91 Å². The molecule has 1 amide bonds. The zero-order valence-electron chi connectivity index (χ0n) is 11.9. The number of amides is 1. The van der Waals surface area contributed by atoms with Gasteiger partial charge < -0.3 is 9.80 Å². The molecule has 0 saturated carbocycles. The third-order valence-electron chi connectivity index (χ3n) is 3.66. The predicted molar refractivity (Wildman–Crippen MR) is 81.6 cm³/mol. The van der Waals surface area contributed by atoms with Gasteiger partial charge in [-0.15, -0.1) is 0 Å². The monoisotopic (exact) mass is 293 g/mol. The lowest BCUT2D eigenvalue weighted by atomic mass is 10.2. The standard InChI is InChI=1S/C13H19N5OS/c1-10-8-14-13-18(15-10)11(9-20-13)7-12(19)17-5-3-16(2)4-6-17/h9H,3-8H2,1-2H3. The van der Waals surface area contributed by atoms with E-state index in [9.17, 15) is 4.79 Å². The smallest absolute Gasteiger partial charge is 0.228 e. The van der Waals surface area contributed by atoms with Crippen LogP contribution in [0.3, 0.4) is 0 Å². The fraction of sp³-hybridized carbons (Fsp3) is 0.615. The second kappa shape index (κ2) is 5.57. The highest BCUT2D eigenvalue weighted by atomic mass is 32.2. The van der Waals surface area contributed by atoms with Crippen molar-refractivity contribution in [3.63, 3.8) is 0 Å². The van der Waals surface area contributed by atoms with Crippen molar-refractivity contribution in [2.45, 2.75) is 13.3 Å². The Morgan fingerprint density at radius 1 is 1.35 bits per heavy atom. The van der Waals surface area contributed by atoms with Crippen LogP contribution in [0, 0.1) is 0 Å². The number of hydrogen-bond acceptors (Lipinski definition) is 6. The summed E-state index contributed by atoms with van der Waals surface area (Å²) in [5.41, 5.74) is 1.92. The van der Waals surface area contributed by atoms with Crippen LogP contribution >= 0.6 is 11.8 Å². The molecule has 0 unspecified atom stereocenters. The van der Waals surface area contributed by atoms with Crippen LogP contribution in [0.25, 0.3) is 0 Å². The van der Waals surface area contributed by atoms with Crippen LogP contribution in [-0.2, 0) is 4.79 Å². The van der Waals surface area contributed by atoms with E-state index in [0.717, 1.165) is 42.8 Å². The Labute approximate surface area is 123 Å². The summed E-state index contributed by atoms with van der Waals surface area (Å²) in [5.74, 6) is 0.185. The highest BCUT2D eigenvalue weighted by Gasteiger charge is 2.28. The third-order valence-corrected chi connectivity index (χ3v) is 4.56. The first-order valence-electron chi connectivity index (χ1n) is 6.84. The van der Waals surface area contributed by atoms with Crippen LogP contribution in [0.4, 0.5) is 0 Å². The van der Waals surface area contributed by atoms with Crippen molar-refractivity contribution < 1.29 is 4.79 Å². The first-order chi connectivity index (χ1) is 9.63. The van der Waals surface area contributed by atoms with Gasteiger partial charge in [-0.05, 0) is 14.0 Å². The summed E-state index contributed by atoms with van der Waals surface area (Å²) in [6.45, 7) is 6.16. The maximum absolute atomic E-state index is 12.4. The first-order valence-corrected chi connectivity index (χ1v) is 7.72. The van der Waals surface area contributed by atoms with Crippen LogP contribution < -0.4 is 0 Å². The van der Waals surface area contributed by atoms with Gasteiger partial charge in [-0.3, -0.25) is 9.79 Å². The van der Waals surface area contributed by atoms with Crippen molar-refractivity contribution in [3.05, 3.63) is 11.1 Å². The van der Waals surface area contributed by atoms with Crippen molar-refractivity contribution in [1.82, 2.24) is 14.8 Å². The molecule has 6 nitrogen and oxygen atoms in total. The molecule has 1 saturated heterocycles. The van der Waals surface area contributed by atoms with E-state index < -0.39 is 0 Å². The summed E-state index contributed by atoms with van der Waals surface area (Å²) in [6.07, 6.45) is 0.409. The number of hydrogen-bond donors (Lipinski definition) is 0. The number of fused-ring (bicyclic) bond motifs is 1. The van der Waals surface area contributed by atoms with Gasteiger partial charge in [0.05, 0.1) is 24.4 Å². The number of thioether (sulfide) groups is 1. The number of hydrazone groups is 1. The molecule has 3 heterocycles. The third kappa shape index (κ3) is 2.73. The van der Waals surface area contributed by atoms with E-state index in [4.69, 9.17) is 0 Å². The number of likely N-dealkylation sites (N-methyl/N-ethyl adjacent to an activating group) is 1. The van der Waals surface area contributed by atoms with Crippen molar-refractivity contribution in [2.75, 3.05) is 39.8 Å². The highest BCUT2D eigenvalue weighted by molar-refractivity contribution is 8.16. The van der Waals surface area contributed by atoms with Crippen LogP contribution in [0.5, 0.6) is 0 Å². The predicted octanol–water partition coefficient (Wildman–Crippen LogP) is 0.786. The molecule has 0 aromatic carbocycles. The number of carbonyl (C=O) groups excluding carboxylic acids is 1. The van der Waals surface area contributed by atoms with E-state index in [1.54, 1.807) is 11.8 Å². The first kappa shape index (κ1) is 13.6. The van der Waals surface area contributed by atoms with Gasteiger partial charge in [0.1, 0.15) is 0 Å². The van der Waals surface area contributed by atoms with E-state index in [2.05, 4.69) is 22.0 Å². The van der Waals surface area contributed by atoms with Crippen molar-refractivity contribution >= 4 is 28.5 Å². The van der Waals surface area contributed by atoms with Gasteiger partial charge >= 0.3 is 0 Å². The van der Waals surface area contributed by atoms with E-state index >= 15 is 0 Å². The minimum absolute atomic E-state index is 0.185. The van der Waals surface area contributed by atoms with Crippen molar-refractivity contribution in [3.8, 4) is 0 Å². The Balaban J connectivity index is 1.62. The Hall–Kier alpha value is -1.34. The Bertz CT molecular complexity index is 505. The summed E-state index contributed by atoms with van der Waals surface area (Å²) in [4.78, 5) is 21.0. The highest BCUT2D eigenvalue weighted by Crippen LogP contribution is 2.30. The molecule has 3 aliphatic heterocycles. The second-order valence-electron chi connectivity index (χ2n) is 5.33. The minimum atomic E-state index is 0.185. The number of nitrogens with zero attached hydrogens (tertiary/aromatic N) is 5. The molecule has 108 valence electrons. The minimum Gasteiger partial charge on any atom is -0.340 e. The van der Waals surface area contributed by atoms with Gasteiger partial charge in [-0.1, -0.05) is 11.8 Å². The lowest BCUT2D eigenvalue weighted by Gasteiger charge is -2.33. The molecule has 7 heteroatoms. The molecule has 1 fully saturated rings. The Morgan fingerprint density at radius 2 is 2.10 bits per heavy atom. The Morgan fingerprint density at radius 3 is 2.85 bits per heavy atom. The zero-order chi connectivity index (χ0) is 14.1. The van der Waals surface area contributed by atoms with E-state index in [-0.39, 0.29) is 5.91 Å². The molecule has 3 aliphatic rings. The molecule has 0 aromatic heterocycles. The second-order valence-corrected chi connectivity index (χ2v) is 6.17. The topological polar surface area (TPSA) is 51.5 Å². The van der Waals surface area contributed by atoms with E-state index in [0.29, 0.717) is 13.0 Å². The molecular weight excluding hydrogens is 274 g/mol. The summed E-state index contributed by atoms with van der Waals surface area (Å²) in [6, 6.07) is 0. The fourth-order valence-corrected chi connectivity index (χ4v) is 3.20. The van der Waals surface area contributed by atoms with E-state index in [1.807, 2.05) is 22.2 Å². The molecule has 0 aliphatic carbocycles. The van der Waals surface area contributed by atoms with Crippen LogP contribution in [-0.4, -0.2) is 71.4 Å². The molecular formula is C13H19N5OS. The normalized spacial score (nSPS) is 23.2. The summed E-state index contributed by atoms with van der Waals surface area (Å²) < 4.78 is 0. The number of carbonyl (C=O) groups is 1. The van der Waals surface area contributed by atoms with Crippen molar-refractivity contribution in [2.24, 2.45) is 10.1 Å². The maximum atomic E-state index is 12.4. The molecule has 0 bridgehead atoms. The SMILES string of the molecule is CC1=NN2C(CC(=O)N3CCN(C)CC3)=CSC2=NC1. The number of rotatable bonds is 2. The number of amidine groups is 1. The molecule has 0 aromatic rings. The summed E-state index contributed by atoms with van der Waals surface area (Å²) in [7, 11) is 2.09.